The number of hydrogen-bond donors (Lipinski definition) is 1. The van der Waals surface area contributed by atoms with Crippen LogP contribution in [0.1, 0.15) is 0 Å². The zero-order valence-corrected chi connectivity index (χ0v) is 11.2. The number of hydrogen-bond acceptors (Lipinski definition) is 2. The van der Waals surface area contributed by atoms with Crippen molar-refractivity contribution < 1.29 is 0 Å². The van der Waals surface area contributed by atoms with Crippen LogP contribution in [0.2, 0.25) is 10.0 Å². The van der Waals surface area contributed by atoms with Gasteiger partial charge in [-0.25, -0.2) is 0 Å². The first kappa shape index (κ1) is 11.3. The summed E-state index contributed by atoms with van der Waals surface area (Å²) in [5, 5.41) is 8.94. The van der Waals surface area contributed by atoms with Crippen molar-refractivity contribution >= 4 is 50.9 Å². The van der Waals surface area contributed by atoms with Gasteiger partial charge in [0.05, 0.1) is 4.47 Å². The van der Waals surface area contributed by atoms with Gasteiger partial charge in [-0.1, -0.05) is 35.0 Å². The highest BCUT2D eigenvalue weighted by Crippen LogP contribution is 2.34. The van der Waals surface area contributed by atoms with E-state index in [0.717, 1.165) is 14.4 Å². The smallest absolute Gasteiger partial charge is 0.137 e. The minimum atomic E-state index is 0.622. The normalized spacial score (nSPS) is 10.6. The molecule has 0 amide bonds. The van der Waals surface area contributed by atoms with Gasteiger partial charge in [-0.2, -0.15) is 5.10 Å². The summed E-state index contributed by atoms with van der Waals surface area (Å²) in [6, 6.07) is 5.39. The van der Waals surface area contributed by atoms with Crippen molar-refractivity contribution in [3.8, 4) is 0 Å². The van der Waals surface area contributed by atoms with E-state index in [2.05, 4.69) is 26.1 Å². The highest BCUT2D eigenvalue weighted by molar-refractivity contribution is 9.10. The summed E-state index contributed by atoms with van der Waals surface area (Å²) in [5.41, 5.74) is 0. The summed E-state index contributed by atoms with van der Waals surface area (Å²) >= 11 is 16.7. The fourth-order valence-electron chi connectivity index (χ4n) is 1.03. The second-order valence-electron chi connectivity index (χ2n) is 2.75. The van der Waals surface area contributed by atoms with Gasteiger partial charge < -0.3 is 0 Å². The van der Waals surface area contributed by atoms with Crippen LogP contribution in [0.4, 0.5) is 0 Å². The molecule has 1 heterocycles. The van der Waals surface area contributed by atoms with Crippen LogP contribution >= 0.6 is 50.9 Å². The number of aromatic amines is 1. The van der Waals surface area contributed by atoms with Gasteiger partial charge in [-0.3, -0.25) is 5.10 Å². The third kappa shape index (κ3) is 2.91. The molecule has 1 aromatic heterocycles. The van der Waals surface area contributed by atoms with E-state index < -0.39 is 0 Å². The molecule has 15 heavy (non-hydrogen) atoms. The Kier molecular flexibility index (Phi) is 3.61. The van der Waals surface area contributed by atoms with Crippen molar-refractivity contribution in [2.75, 3.05) is 0 Å². The molecule has 2 aromatic rings. The standard InChI is InChI=1S/C9H5BrCl2N2S/c10-8-4-13-14-9(8)15-7-2-5(11)1-6(12)3-7/h1-4H,(H,13,14). The van der Waals surface area contributed by atoms with Crippen molar-refractivity contribution in [1.82, 2.24) is 10.2 Å². The Balaban J connectivity index is 2.28. The van der Waals surface area contributed by atoms with E-state index in [1.165, 1.54) is 11.8 Å². The van der Waals surface area contributed by atoms with Gasteiger partial charge in [-0.05, 0) is 34.1 Å². The van der Waals surface area contributed by atoms with Gasteiger partial charge in [0, 0.05) is 21.1 Å². The maximum atomic E-state index is 5.89. The molecule has 0 saturated heterocycles. The molecule has 0 fully saturated rings. The van der Waals surface area contributed by atoms with E-state index >= 15 is 0 Å². The molecule has 0 aliphatic carbocycles. The maximum Gasteiger partial charge on any atom is 0.137 e. The molecule has 1 N–H and O–H groups in total. The summed E-state index contributed by atoms with van der Waals surface area (Å²) in [7, 11) is 0. The van der Waals surface area contributed by atoms with Gasteiger partial charge >= 0.3 is 0 Å². The summed E-state index contributed by atoms with van der Waals surface area (Å²) < 4.78 is 0.920. The molecule has 0 saturated carbocycles. The van der Waals surface area contributed by atoms with Crippen LogP contribution in [-0.4, -0.2) is 10.2 Å². The van der Waals surface area contributed by atoms with Crippen LogP contribution in [0.3, 0.4) is 0 Å². The number of rotatable bonds is 2. The van der Waals surface area contributed by atoms with Crippen molar-refractivity contribution in [2.24, 2.45) is 0 Å². The molecular formula is C9H5BrCl2N2S. The Morgan fingerprint density at radius 2 is 1.87 bits per heavy atom. The molecule has 0 radical (unpaired) electrons. The highest BCUT2D eigenvalue weighted by Gasteiger charge is 2.06. The monoisotopic (exact) mass is 322 g/mol. The molecule has 0 bridgehead atoms. The Morgan fingerprint density at radius 1 is 1.20 bits per heavy atom. The summed E-state index contributed by atoms with van der Waals surface area (Å²) in [4.78, 5) is 0.959. The molecule has 0 unspecified atom stereocenters. The third-order valence-corrected chi connectivity index (χ3v) is 3.89. The molecular weight excluding hydrogens is 319 g/mol. The summed E-state index contributed by atoms with van der Waals surface area (Å²) in [6.45, 7) is 0. The van der Waals surface area contributed by atoms with Gasteiger partial charge in [-0.15, -0.1) is 0 Å². The van der Waals surface area contributed by atoms with Crippen molar-refractivity contribution in [1.29, 1.82) is 0 Å². The molecule has 0 spiro atoms. The van der Waals surface area contributed by atoms with Crippen molar-refractivity contribution in [3.63, 3.8) is 0 Å². The van der Waals surface area contributed by atoms with Crippen LogP contribution in [0.15, 0.2) is 38.8 Å². The zero-order valence-electron chi connectivity index (χ0n) is 7.30. The predicted molar refractivity (Wildman–Crippen MR) is 66.9 cm³/mol. The molecule has 0 atom stereocenters. The first-order chi connectivity index (χ1) is 7.15. The Labute approximate surface area is 109 Å². The van der Waals surface area contributed by atoms with E-state index in [0.29, 0.717) is 10.0 Å². The number of H-pyrrole nitrogens is 1. The lowest BCUT2D eigenvalue weighted by molar-refractivity contribution is 1.00. The van der Waals surface area contributed by atoms with Crippen LogP contribution in [0.25, 0.3) is 0 Å². The van der Waals surface area contributed by atoms with Crippen molar-refractivity contribution in [3.05, 3.63) is 38.9 Å². The quantitative estimate of drug-likeness (QED) is 0.872. The fraction of sp³-hybridized carbons (Fsp3) is 0. The molecule has 0 aliphatic heterocycles. The van der Waals surface area contributed by atoms with E-state index in [4.69, 9.17) is 23.2 Å². The lowest BCUT2D eigenvalue weighted by Crippen LogP contribution is -1.76. The number of nitrogens with one attached hydrogen (secondary N) is 1. The lowest BCUT2D eigenvalue weighted by Gasteiger charge is -2.00. The Hall–Kier alpha value is -0.160. The molecule has 1 aromatic carbocycles. The van der Waals surface area contributed by atoms with Gasteiger partial charge in [0.1, 0.15) is 5.03 Å². The van der Waals surface area contributed by atoms with E-state index in [1.807, 2.05) is 12.1 Å². The SMILES string of the molecule is Clc1cc(Cl)cc(Sc2n[nH]cc2Br)c1. The van der Waals surface area contributed by atoms with Crippen LogP contribution in [0, 0.1) is 0 Å². The van der Waals surface area contributed by atoms with Crippen LogP contribution in [-0.2, 0) is 0 Å². The topological polar surface area (TPSA) is 28.7 Å². The Morgan fingerprint density at radius 3 is 2.40 bits per heavy atom. The van der Waals surface area contributed by atoms with Crippen molar-refractivity contribution in [2.45, 2.75) is 9.92 Å². The molecule has 78 valence electrons. The minimum absolute atomic E-state index is 0.622. The molecule has 2 nitrogen and oxygen atoms in total. The summed E-state index contributed by atoms with van der Waals surface area (Å²) in [5.74, 6) is 0. The predicted octanol–water partition coefficient (Wildman–Crippen LogP) is 4.63. The second-order valence-corrected chi connectivity index (χ2v) is 5.53. The number of nitrogens with zero attached hydrogens (tertiary/aromatic N) is 1. The highest BCUT2D eigenvalue weighted by atomic mass is 79.9. The summed E-state index contributed by atoms with van der Waals surface area (Å²) in [6.07, 6.45) is 1.77. The Bertz CT molecular complexity index is 466. The largest absolute Gasteiger partial charge is 0.283 e. The fourth-order valence-corrected chi connectivity index (χ4v) is 2.97. The van der Waals surface area contributed by atoms with E-state index in [-0.39, 0.29) is 0 Å². The molecule has 0 aliphatic rings. The average Bonchev–Trinajstić information content (AvgIpc) is 2.50. The minimum Gasteiger partial charge on any atom is -0.283 e. The van der Waals surface area contributed by atoms with Crippen LogP contribution < -0.4 is 0 Å². The van der Waals surface area contributed by atoms with Gasteiger partial charge in [0.25, 0.3) is 0 Å². The lowest BCUT2D eigenvalue weighted by atomic mass is 10.4. The van der Waals surface area contributed by atoms with Crippen LogP contribution in [0.5, 0.6) is 0 Å². The first-order valence-corrected chi connectivity index (χ1v) is 6.35. The number of halogens is 3. The maximum absolute atomic E-state index is 5.89. The third-order valence-electron chi connectivity index (χ3n) is 1.61. The van der Waals surface area contributed by atoms with E-state index in [1.54, 1.807) is 12.3 Å². The zero-order chi connectivity index (χ0) is 10.8. The number of benzene rings is 1. The first-order valence-electron chi connectivity index (χ1n) is 3.98. The second kappa shape index (κ2) is 4.78. The van der Waals surface area contributed by atoms with Gasteiger partial charge in [0.15, 0.2) is 0 Å². The average molecular weight is 324 g/mol. The van der Waals surface area contributed by atoms with Gasteiger partial charge in [0.2, 0.25) is 0 Å². The molecule has 6 heteroatoms. The van der Waals surface area contributed by atoms with E-state index in [9.17, 15) is 0 Å². The molecule has 2 rings (SSSR count). The number of aromatic nitrogens is 2.